The van der Waals surface area contributed by atoms with Crippen molar-refractivity contribution in [2.75, 3.05) is 13.7 Å². The molecule has 1 aliphatic heterocycles. The van der Waals surface area contributed by atoms with E-state index in [0.717, 1.165) is 25.0 Å². The Labute approximate surface area is 95.0 Å². The van der Waals surface area contributed by atoms with Gasteiger partial charge in [0, 0.05) is 0 Å². The molecule has 82 valence electrons. The van der Waals surface area contributed by atoms with Crippen LogP contribution in [0.2, 0.25) is 0 Å². The Hall–Kier alpha value is -1.37. The van der Waals surface area contributed by atoms with Gasteiger partial charge in [-0.15, -0.1) is 0 Å². The second kappa shape index (κ2) is 3.31. The molecule has 1 saturated carbocycles. The molecule has 16 heavy (non-hydrogen) atoms. The topological polar surface area (TPSA) is 45.0 Å². The van der Waals surface area contributed by atoms with Crippen molar-refractivity contribution in [2.24, 2.45) is 0 Å². The molecule has 1 N–H and O–H groups in total. The zero-order valence-electron chi connectivity index (χ0n) is 9.29. The van der Waals surface area contributed by atoms with Crippen LogP contribution in [-0.2, 0) is 10.3 Å². The van der Waals surface area contributed by atoms with Gasteiger partial charge in [-0.3, -0.25) is 0 Å². The predicted octanol–water partition coefficient (Wildman–Crippen LogP) is 1.84. The fraction of sp³-hybridized carbons (Fsp3) is 0.462. The molecule has 0 unspecified atom stereocenters. The number of nitrogens with zero attached hydrogens (tertiary/aromatic N) is 1. The lowest BCUT2D eigenvalue weighted by molar-refractivity contribution is 0.00146. The first kappa shape index (κ1) is 9.83. The molecule has 0 radical (unpaired) electrons. The summed E-state index contributed by atoms with van der Waals surface area (Å²) in [6, 6.07) is 8.41. The summed E-state index contributed by atoms with van der Waals surface area (Å²) in [5, 5.41) is 12.2. The van der Waals surface area contributed by atoms with Gasteiger partial charge in [0.05, 0.1) is 29.9 Å². The van der Waals surface area contributed by atoms with E-state index >= 15 is 0 Å². The van der Waals surface area contributed by atoms with Crippen LogP contribution in [0.1, 0.15) is 35.6 Å². The molecule has 3 rings (SSSR count). The van der Waals surface area contributed by atoms with Crippen molar-refractivity contribution in [3.8, 4) is 6.07 Å². The smallest absolute Gasteiger partial charge is 0.0991 e. The zero-order valence-corrected chi connectivity index (χ0v) is 9.29. The van der Waals surface area contributed by atoms with Crippen molar-refractivity contribution in [1.82, 2.24) is 5.32 Å². The number of rotatable bonds is 1. The van der Waals surface area contributed by atoms with Crippen LogP contribution in [0.5, 0.6) is 0 Å². The van der Waals surface area contributed by atoms with E-state index in [2.05, 4.69) is 17.5 Å². The van der Waals surface area contributed by atoms with E-state index in [1.165, 1.54) is 11.1 Å². The number of fused-ring (bicyclic) bond motifs is 2. The first-order valence-corrected chi connectivity index (χ1v) is 5.65. The van der Waals surface area contributed by atoms with E-state index < -0.39 is 0 Å². The molecule has 3 nitrogen and oxygen atoms in total. The molecule has 0 amide bonds. The fourth-order valence-electron chi connectivity index (χ4n) is 2.50. The van der Waals surface area contributed by atoms with Gasteiger partial charge < -0.3 is 10.1 Å². The highest BCUT2D eigenvalue weighted by Crippen LogP contribution is 2.54. The van der Waals surface area contributed by atoms with Crippen LogP contribution in [0.25, 0.3) is 0 Å². The standard InChI is InChI=1S/C13H14N2O/c1-15-12-8-16-13(4-5-13)11-6-9(7-14)2-3-10(11)12/h2-3,6,12,15H,4-5,8H2,1H3/t12-/m1/s1. The number of ether oxygens (including phenoxy) is 1. The zero-order chi connectivity index (χ0) is 11.2. The van der Waals surface area contributed by atoms with Crippen molar-refractivity contribution >= 4 is 0 Å². The summed E-state index contributed by atoms with van der Waals surface area (Å²) in [5.74, 6) is 0. The largest absolute Gasteiger partial charge is 0.368 e. The van der Waals surface area contributed by atoms with E-state index in [9.17, 15) is 0 Å². The average Bonchev–Trinajstić information content (AvgIpc) is 3.10. The molecule has 1 aromatic rings. The number of hydrogen-bond donors (Lipinski definition) is 1. The summed E-state index contributed by atoms with van der Waals surface area (Å²) in [6.07, 6.45) is 2.18. The van der Waals surface area contributed by atoms with E-state index in [-0.39, 0.29) is 11.6 Å². The summed E-state index contributed by atoms with van der Waals surface area (Å²) in [7, 11) is 1.95. The molecular formula is C13H14N2O. The second-order valence-corrected chi connectivity index (χ2v) is 4.56. The molecule has 1 aromatic carbocycles. The third-order valence-electron chi connectivity index (χ3n) is 3.63. The molecule has 1 aliphatic carbocycles. The van der Waals surface area contributed by atoms with Gasteiger partial charge in [0.2, 0.25) is 0 Å². The van der Waals surface area contributed by atoms with Crippen LogP contribution in [0.4, 0.5) is 0 Å². The fourth-order valence-corrected chi connectivity index (χ4v) is 2.50. The Morgan fingerprint density at radius 2 is 2.31 bits per heavy atom. The van der Waals surface area contributed by atoms with Crippen molar-refractivity contribution in [1.29, 1.82) is 5.26 Å². The molecular weight excluding hydrogens is 200 g/mol. The highest BCUT2D eigenvalue weighted by atomic mass is 16.5. The third kappa shape index (κ3) is 1.27. The van der Waals surface area contributed by atoms with Crippen LogP contribution >= 0.6 is 0 Å². The van der Waals surface area contributed by atoms with Gasteiger partial charge in [0.15, 0.2) is 0 Å². The van der Waals surface area contributed by atoms with Crippen molar-refractivity contribution in [2.45, 2.75) is 24.5 Å². The van der Waals surface area contributed by atoms with Crippen LogP contribution < -0.4 is 5.32 Å². The number of benzene rings is 1. The van der Waals surface area contributed by atoms with E-state index in [1.807, 2.05) is 19.2 Å². The number of likely N-dealkylation sites (N-methyl/N-ethyl adjacent to an activating group) is 1. The van der Waals surface area contributed by atoms with Gasteiger partial charge in [0.1, 0.15) is 0 Å². The van der Waals surface area contributed by atoms with Gasteiger partial charge in [-0.25, -0.2) is 0 Å². The van der Waals surface area contributed by atoms with Crippen LogP contribution in [0.3, 0.4) is 0 Å². The minimum atomic E-state index is -0.0600. The summed E-state index contributed by atoms with van der Waals surface area (Å²) in [6.45, 7) is 0.732. The molecule has 1 heterocycles. The molecule has 1 fully saturated rings. The normalized spacial score (nSPS) is 24.9. The number of nitrogens with one attached hydrogen (secondary N) is 1. The van der Waals surface area contributed by atoms with Crippen molar-refractivity contribution < 1.29 is 4.74 Å². The van der Waals surface area contributed by atoms with Crippen molar-refractivity contribution in [3.63, 3.8) is 0 Å². The van der Waals surface area contributed by atoms with Gasteiger partial charge >= 0.3 is 0 Å². The maximum absolute atomic E-state index is 8.95. The quantitative estimate of drug-likeness (QED) is 0.775. The van der Waals surface area contributed by atoms with Crippen LogP contribution in [-0.4, -0.2) is 13.7 Å². The monoisotopic (exact) mass is 214 g/mol. The van der Waals surface area contributed by atoms with E-state index in [0.29, 0.717) is 0 Å². The Balaban J connectivity index is 2.13. The maximum atomic E-state index is 8.95. The highest BCUT2D eigenvalue weighted by molar-refractivity contribution is 5.46. The molecule has 2 aliphatic rings. The van der Waals surface area contributed by atoms with E-state index in [1.54, 1.807) is 0 Å². The predicted molar refractivity (Wildman–Crippen MR) is 59.8 cm³/mol. The number of nitriles is 1. The van der Waals surface area contributed by atoms with Crippen LogP contribution in [0.15, 0.2) is 18.2 Å². The Morgan fingerprint density at radius 3 is 2.94 bits per heavy atom. The lowest BCUT2D eigenvalue weighted by atomic mass is 9.91. The molecule has 0 saturated heterocycles. The van der Waals surface area contributed by atoms with E-state index in [4.69, 9.17) is 10.00 Å². The minimum absolute atomic E-state index is 0.0600. The Morgan fingerprint density at radius 1 is 1.50 bits per heavy atom. The SMILES string of the molecule is CN[C@@H]1COC2(CC2)c2cc(C#N)ccc21. The molecule has 1 spiro atoms. The third-order valence-corrected chi connectivity index (χ3v) is 3.63. The van der Waals surface area contributed by atoms with Gasteiger partial charge in [-0.05, 0) is 43.1 Å². The lowest BCUT2D eigenvalue weighted by Gasteiger charge is -2.32. The lowest BCUT2D eigenvalue weighted by Crippen LogP contribution is -2.32. The molecule has 3 heteroatoms. The average molecular weight is 214 g/mol. The van der Waals surface area contributed by atoms with Gasteiger partial charge in [-0.2, -0.15) is 5.26 Å². The Kier molecular flexibility index (Phi) is 2.03. The van der Waals surface area contributed by atoms with Crippen LogP contribution in [0, 0.1) is 11.3 Å². The number of hydrogen-bond acceptors (Lipinski definition) is 3. The molecule has 1 atom stereocenters. The second-order valence-electron chi connectivity index (χ2n) is 4.56. The maximum Gasteiger partial charge on any atom is 0.0991 e. The summed E-state index contributed by atoms with van der Waals surface area (Å²) in [5.41, 5.74) is 3.18. The summed E-state index contributed by atoms with van der Waals surface area (Å²) in [4.78, 5) is 0. The first-order chi connectivity index (χ1) is 7.79. The Bertz CT molecular complexity index is 471. The van der Waals surface area contributed by atoms with Gasteiger partial charge in [0.25, 0.3) is 0 Å². The first-order valence-electron chi connectivity index (χ1n) is 5.65. The minimum Gasteiger partial charge on any atom is -0.368 e. The molecule has 0 aromatic heterocycles. The van der Waals surface area contributed by atoms with Crippen molar-refractivity contribution in [3.05, 3.63) is 34.9 Å². The highest BCUT2D eigenvalue weighted by Gasteiger charge is 2.50. The summed E-state index contributed by atoms with van der Waals surface area (Å²) < 4.78 is 5.93. The van der Waals surface area contributed by atoms with Gasteiger partial charge in [-0.1, -0.05) is 6.07 Å². The summed E-state index contributed by atoms with van der Waals surface area (Å²) >= 11 is 0. The molecule has 0 bridgehead atoms.